The van der Waals surface area contributed by atoms with Gasteiger partial charge >= 0.3 is 0 Å². The molecule has 3 heteroatoms. The van der Waals surface area contributed by atoms with Crippen molar-refractivity contribution in [3.63, 3.8) is 0 Å². The van der Waals surface area contributed by atoms with Crippen molar-refractivity contribution in [1.82, 2.24) is 4.90 Å². The van der Waals surface area contributed by atoms with Crippen LogP contribution in [-0.2, 0) is 6.42 Å². The minimum Gasteiger partial charge on any atom is -0.370 e. The van der Waals surface area contributed by atoms with Crippen LogP contribution in [0.5, 0.6) is 0 Å². The Morgan fingerprint density at radius 3 is 2.62 bits per heavy atom. The van der Waals surface area contributed by atoms with Gasteiger partial charge in [0.2, 0.25) is 0 Å². The van der Waals surface area contributed by atoms with Crippen molar-refractivity contribution >= 4 is 17.7 Å². The molecule has 2 aliphatic carbocycles. The number of nitriles is 2. The lowest BCUT2D eigenvalue weighted by molar-refractivity contribution is 0.344. The Bertz CT molecular complexity index is 1160. The fourth-order valence-corrected chi connectivity index (χ4v) is 5.02. The van der Waals surface area contributed by atoms with Crippen molar-refractivity contribution in [3.8, 4) is 12.1 Å². The average Bonchev–Trinajstić information content (AvgIpc) is 2.94. The Balaban J connectivity index is 1.87. The first-order valence-electron chi connectivity index (χ1n) is 10.1. The van der Waals surface area contributed by atoms with Gasteiger partial charge in [-0.05, 0) is 35.3 Å². The Kier molecular flexibility index (Phi) is 4.77. The fraction of sp³-hybridized carbons (Fsp3) is 0.308. The van der Waals surface area contributed by atoms with Crippen molar-refractivity contribution in [1.29, 1.82) is 10.5 Å². The minimum atomic E-state index is 0.0552. The molecule has 0 amide bonds. The molecular weight excluding hydrogens is 354 g/mol. The molecule has 0 radical (unpaired) electrons. The fourth-order valence-electron chi connectivity index (χ4n) is 5.02. The zero-order valence-corrected chi connectivity index (χ0v) is 17.2. The lowest BCUT2D eigenvalue weighted by Gasteiger charge is -2.26. The van der Waals surface area contributed by atoms with Crippen LogP contribution < -0.4 is 10.4 Å². The third kappa shape index (κ3) is 3.04. The van der Waals surface area contributed by atoms with Crippen LogP contribution in [0.2, 0.25) is 0 Å². The molecule has 0 N–H and O–H groups in total. The number of hydrogen-bond acceptors (Lipinski definition) is 3. The molecule has 2 atom stereocenters. The van der Waals surface area contributed by atoms with Crippen LogP contribution >= 0.6 is 0 Å². The van der Waals surface area contributed by atoms with E-state index in [4.69, 9.17) is 0 Å². The van der Waals surface area contributed by atoms with Gasteiger partial charge in [-0.2, -0.15) is 10.5 Å². The monoisotopic (exact) mass is 379 g/mol. The standard InChI is InChI=1S/C26H25N3/c1-26(2)23-10-6-7-11-24(23)29(3)25(26)15-13-18-12-14-21(19(16-27)17-28)22-9-5-4-8-20(18)22/h5-7,9-15,23-24H,4,8H2,1-3H3/b18-13+,25-15-. The number of allylic oxidation sites excluding steroid dienone is 5. The summed E-state index contributed by atoms with van der Waals surface area (Å²) in [7, 11) is 2.18. The van der Waals surface area contributed by atoms with E-state index in [1.807, 2.05) is 24.3 Å². The molecule has 1 aromatic rings. The molecular formula is C26H25N3. The van der Waals surface area contributed by atoms with Crippen LogP contribution in [0.4, 0.5) is 0 Å². The van der Waals surface area contributed by atoms with Crippen molar-refractivity contribution in [2.75, 3.05) is 7.05 Å². The molecule has 0 saturated carbocycles. The summed E-state index contributed by atoms with van der Waals surface area (Å²) in [4.78, 5) is 2.39. The summed E-state index contributed by atoms with van der Waals surface area (Å²) in [5, 5.41) is 20.5. The summed E-state index contributed by atoms with van der Waals surface area (Å²) in [6.07, 6.45) is 19.5. The highest BCUT2D eigenvalue weighted by atomic mass is 15.2. The van der Waals surface area contributed by atoms with Gasteiger partial charge in [0.05, 0.1) is 6.04 Å². The first kappa shape index (κ1) is 19.0. The van der Waals surface area contributed by atoms with E-state index in [0.717, 1.165) is 23.6 Å². The topological polar surface area (TPSA) is 50.8 Å². The number of hydrogen-bond donors (Lipinski definition) is 0. The van der Waals surface area contributed by atoms with Gasteiger partial charge in [-0.15, -0.1) is 0 Å². The molecule has 3 nitrogen and oxygen atoms in total. The van der Waals surface area contributed by atoms with Gasteiger partial charge in [0.1, 0.15) is 17.7 Å². The molecule has 1 heterocycles. The Labute approximate surface area is 172 Å². The predicted molar refractivity (Wildman–Crippen MR) is 117 cm³/mol. The number of nitrogens with zero attached hydrogens (tertiary/aromatic N) is 3. The van der Waals surface area contributed by atoms with Crippen LogP contribution in [-0.4, -0.2) is 18.0 Å². The molecule has 3 aliphatic rings. The molecule has 2 unspecified atom stereocenters. The highest BCUT2D eigenvalue weighted by Crippen LogP contribution is 2.49. The van der Waals surface area contributed by atoms with Crippen molar-refractivity contribution in [3.05, 3.63) is 75.9 Å². The molecule has 1 aliphatic heterocycles. The zero-order valence-electron chi connectivity index (χ0n) is 17.2. The summed E-state index contributed by atoms with van der Waals surface area (Å²) < 4.78 is 0. The summed E-state index contributed by atoms with van der Waals surface area (Å²) in [5.41, 5.74) is 3.80. The van der Waals surface area contributed by atoms with Crippen LogP contribution in [0, 0.1) is 34.0 Å². The minimum absolute atomic E-state index is 0.0552. The molecule has 1 fully saturated rings. The second-order valence-electron chi connectivity index (χ2n) is 8.47. The van der Waals surface area contributed by atoms with Gasteiger partial charge in [-0.3, -0.25) is 0 Å². The van der Waals surface area contributed by atoms with Crippen LogP contribution in [0.25, 0.3) is 17.7 Å². The SMILES string of the molecule is CN1/C(=C\C=c2/ccc(=C(C#N)C#N)c3c2CCC=C3)C(C)(C)C2C=CC=CC21. The quantitative estimate of drug-likeness (QED) is 0.749. The van der Waals surface area contributed by atoms with Gasteiger partial charge in [0, 0.05) is 29.3 Å². The highest BCUT2D eigenvalue weighted by Gasteiger charge is 2.46. The summed E-state index contributed by atoms with van der Waals surface area (Å²) in [6, 6.07) is 8.44. The van der Waals surface area contributed by atoms with E-state index in [-0.39, 0.29) is 11.0 Å². The first-order chi connectivity index (χ1) is 14.0. The van der Waals surface area contributed by atoms with Crippen LogP contribution in [0.15, 0.2) is 54.3 Å². The third-order valence-electron chi connectivity index (χ3n) is 6.58. The van der Waals surface area contributed by atoms with Gasteiger partial charge in [0.25, 0.3) is 0 Å². The molecule has 29 heavy (non-hydrogen) atoms. The van der Waals surface area contributed by atoms with E-state index >= 15 is 0 Å². The smallest absolute Gasteiger partial charge is 0.137 e. The second kappa shape index (κ2) is 7.26. The van der Waals surface area contributed by atoms with E-state index in [1.54, 1.807) is 0 Å². The molecule has 0 aromatic heterocycles. The van der Waals surface area contributed by atoms with Gasteiger partial charge < -0.3 is 4.90 Å². The van der Waals surface area contributed by atoms with E-state index in [1.165, 1.54) is 16.5 Å². The van der Waals surface area contributed by atoms with Crippen molar-refractivity contribution in [2.24, 2.45) is 11.3 Å². The molecule has 1 aromatic carbocycles. The lowest BCUT2D eigenvalue weighted by atomic mass is 9.75. The van der Waals surface area contributed by atoms with Crippen LogP contribution in [0.1, 0.15) is 31.4 Å². The Morgan fingerprint density at radius 2 is 1.90 bits per heavy atom. The first-order valence-corrected chi connectivity index (χ1v) is 10.1. The number of fused-ring (bicyclic) bond motifs is 2. The third-order valence-corrected chi connectivity index (χ3v) is 6.58. The maximum absolute atomic E-state index is 9.32. The summed E-state index contributed by atoms with van der Waals surface area (Å²) in [6.45, 7) is 4.64. The van der Waals surface area contributed by atoms with Gasteiger partial charge in [-0.1, -0.05) is 68.5 Å². The van der Waals surface area contributed by atoms with Crippen LogP contribution in [0.3, 0.4) is 0 Å². The maximum atomic E-state index is 9.32. The van der Waals surface area contributed by atoms with E-state index in [9.17, 15) is 10.5 Å². The lowest BCUT2D eigenvalue weighted by Crippen LogP contribution is -2.27. The number of likely N-dealkylation sites (tertiary alicyclic amines) is 1. The molecule has 1 saturated heterocycles. The number of likely N-dealkylation sites (N-methyl/N-ethyl adjacent to an activating group) is 1. The van der Waals surface area contributed by atoms with Crippen molar-refractivity contribution in [2.45, 2.75) is 32.7 Å². The number of rotatable bonds is 1. The number of benzene rings is 1. The predicted octanol–water partition coefficient (Wildman–Crippen LogP) is 3.59. The van der Waals surface area contributed by atoms with Gasteiger partial charge in [-0.25, -0.2) is 0 Å². The molecule has 144 valence electrons. The molecule has 4 rings (SSSR count). The second-order valence-corrected chi connectivity index (χ2v) is 8.47. The highest BCUT2D eigenvalue weighted by molar-refractivity contribution is 5.76. The average molecular weight is 380 g/mol. The molecule has 0 bridgehead atoms. The summed E-state index contributed by atoms with van der Waals surface area (Å²) in [5.74, 6) is 0.472. The van der Waals surface area contributed by atoms with Crippen molar-refractivity contribution < 1.29 is 0 Å². The maximum Gasteiger partial charge on any atom is 0.137 e. The zero-order chi connectivity index (χ0) is 20.6. The van der Waals surface area contributed by atoms with Gasteiger partial charge in [0.15, 0.2) is 0 Å². The normalized spacial score (nSPS) is 25.5. The van der Waals surface area contributed by atoms with E-state index in [0.29, 0.717) is 12.0 Å². The van der Waals surface area contributed by atoms with E-state index < -0.39 is 0 Å². The summed E-state index contributed by atoms with van der Waals surface area (Å²) >= 11 is 0. The molecule has 0 spiro atoms. The largest absolute Gasteiger partial charge is 0.370 e. The van der Waals surface area contributed by atoms with E-state index in [2.05, 4.69) is 74.4 Å². The Morgan fingerprint density at radius 1 is 1.14 bits per heavy atom. The Hall–Kier alpha value is -3.30.